The van der Waals surface area contributed by atoms with Crippen LogP contribution in [0.4, 0.5) is 5.69 Å². The SMILES string of the molecule is Cc1ccc(NC(=O)[C@@H]2[C@H]3C=C[C@@]4(O3)[C@H]2C(=O)N(CCN2CCOCC2)[C@@H]4C(=O)NC2CCCCC2)cc1. The lowest BCUT2D eigenvalue weighted by atomic mass is 9.74. The molecule has 3 amide bonds. The number of carbonyl (C=O) groups is 3. The molecule has 2 bridgehead atoms. The molecule has 0 unspecified atom stereocenters. The summed E-state index contributed by atoms with van der Waals surface area (Å²) < 4.78 is 11.9. The molecule has 1 aromatic rings. The van der Waals surface area contributed by atoms with E-state index in [1.54, 1.807) is 4.90 Å². The Kier molecular flexibility index (Phi) is 7.01. The summed E-state index contributed by atoms with van der Waals surface area (Å²) in [4.78, 5) is 45.5. The normalized spacial score (nSPS) is 33.0. The van der Waals surface area contributed by atoms with Crippen LogP contribution in [0.1, 0.15) is 37.7 Å². The minimum Gasteiger partial charge on any atom is -0.379 e. The molecule has 6 rings (SSSR count). The van der Waals surface area contributed by atoms with Crippen molar-refractivity contribution < 1.29 is 23.9 Å². The Labute approximate surface area is 223 Å². The predicted molar refractivity (Wildman–Crippen MR) is 141 cm³/mol. The van der Waals surface area contributed by atoms with Crippen molar-refractivity contribution in [3.05, 3.63) is 42.0 Å². The molecule has 4 fully saturated rings. The third-order valence-corrected chi connectivity index (χ3v) is 8.96. The molecule has 5 aliphatic rings. The molecule has 5 atom stereocenters. The average molecular weight is 523 g/mol. The van der Waals surface area contributed by atoms with Gasteiger partial charge in [-0.2, -0.15) is 0 Å². The number of aryl methyl sites for hydroxylation is 1. The first-order valence-corrected chi connectivity index (χ1v) is 14.1. The zero-order valence-electron chi connectivity index (χ0n) is 22.1. The Bertz CT molecular complexity index is 1090. The Morgan fingerprint density at radius 3 is 2.50 bits per heavy atom. The Morgan fingerprint density at radius 1 is 1.03 bits per heavy atom. The van der Waals surface area contributed by atoms with Crippen molar-refractivity contribution in [2.75, 3.05) is 44.7 Å². The number of ether oxygens (including phenoxy) is 2. The molecule has 9 nitrogen and oxygen atoms in total. The van der Waals surface area contributed by atoms with Gasteiger partial charge in [-0.1, -0.05) is 49.1 Å². The van der Waals surface area contributed by atoms with Gasteiger partial charge in [0.25, 0.3) is 0 Å². The second-order valence-corrected chi connectivity index (χ2v) is 11.4. The highest BCUT2D eigenvalue weighted by Crippen LogP contribution is 2.55. The quantitative estimate of drug-likeness (QED) is 0.531. The minimum atomic E-state index is -1.12. The van der Waals surface area contributed by atoms with Crippen LogP contribution >= 0.6 is 0 Å². The van der Waals surface area contributed by atoms with Crippen molar-refractivity contribution in [2.24, 2.45) is 11.8 Å². The van der Waals surface area contributed by atoms with Crippen LogP contribution in [0.3, 0.4) is 0 Å². The molecular weight excluding hydrogens is 484 g/mol. The summed E-state index contributed by atoms with van der Waals surface area (Å²) in [5.74, 6) is -2.00. The van der Waals surface area contributed by atoms with Gasteiger partial charge in [-0.3, -0.25) is 19.3 Å². The summed E-state index contributed by atoms with van der Waals surface area (Å²) in [7, 11) is 0. The lowest BCUT2D eigenvalue weighted by Crippen LogP contribution is -2.57. The summed E-state index contributed by atoms with van der Waals surface area (Å²) in [6, 6.07) is 6.92. The van der Waals surface area contributed by atoms with Gasteiger partial charge in [-0.15, -0.1) is 0 Å². The smallest absolute Gasteiger partial charge is 0.246 e. The lowest BCUT2D eigenvalue weighted by Gasteiger charge is -2.35. The molecule has 4 heterocycles. The monoisotopic (exact) mass is 522 g/mol. The number of fused-ring (bicyclic) bond motifs is 1. The van der Waals surface area contributed by atoms with Crippen molar-refractivity contribution in [1.29, 1.82) is 0 Å². The maximum absolute atomic E-state index is 14.1. The van der Waals surface area contributed by atoms with E-state index in [1.165, 1.54) is 6.42 Å². The van der Waals surface area contributed by atoms with E-state index >= 15 is 0 Å². The Balaban J connectivity index is 1.26. The molecule has 38 heavy (non-hydrogen) atoms. The van der Waals surface area contributed by atoms with Crippen LogP contribution in [0.2, 0.25) is 0 Å². The van der Waals surface area contributed by atoms with E-state index < -0.39 is 29.6 Å². The maximum atomic E-state index is 14.1. The third kappa shape index (κ3) is 4.54. The standard InChI is InChI=1S/C29H38N4O5/c1-19-7-9-21(10-8-19)30-26(34)23-22-11-12-29(38-22)24(23)28(36)33(14-13-32-15-17-37-18-16-32)25(29)27(35)31-20-5-3-2-4-6-20/h7-12,20,22-25H,2-6,13-18H2,1H3,(H,30,34)(H,31,35)/t22-,23-,24-,25-,29-/m1/s1. The molecule has 2 N–H and O–H groups in total. The summed E-state index contributed by atoms with van der Waals surface area (Å²) >= 11 is 0. The number of rotatable bonds is 7. The number of anilines is 1. The number of morpholine rings is 1. The highest BCUT2D eigenvalue weighted by atomic mass is 16.5. The highest BCUT2D eigenvalue weighted by Gasteiger charge is 2.72. The topological polar surface area (TPSA) is 100 Å². The number of nitrogens with one attached hydrogen (secondary N) is 2. The molecule has 0 radical (unpaired) electrons. The van der Waals surface area contributed by atoms with Gasteiger partial charge in [-0.05, 0) is 31.9 Å². The molecule has 3 saturated heterocycles. The van der Waals surface area contributed by atoms with Crippen molar-refractivity contribution in [3.63, 3.8) is 0 Å². The number of benzene rings is 1. The number of amides is 3. The lowest BCUT2D eigenvalue weighted by molar-refractivity contribution is -0.141. The second-order valence-electron chi connectivity index (χ2n) is 11.4. The van der Waals surface area contributed by atoms with Gasteiger partial charge < -0.3 is 25.0 Å². The van der Waals surface area contributed by atoms with Crippen molar-refractivity contribution in [1.82, 2.24) is 15.1 Å². The number of carbonyl (C=O) groups excluding carboxylic acids is 3. The van der Waals surface area contributed by atoms with Crippen LogP contribution < -0.4 is 10.6 Å². The van der Waals surface area contributed by atoms with E-state index in [0.29, 0.717) is 32.0 Å². The summed E-state index contributed by atoms with van der Waals surface area (Å²) in [5, 5.41) is 6.24. The van der Waals surface area contributed by atoms with E-state index in [2.05, 4.69) is 15.5 Å². The third-order valence-electron chi connectivity index (χ3n) is 8.96. The van der Waals surface area contributed by atoms with Gasteiger partial charge in [0, 0.05) is 37.9 Å². The van der Waals surface area contributed by atoms with Crippen LogP contribution in [-0.2, 0) is 23.9 Å². The largest absolute Gasteiger partial charge is 0.379 e. The fourth-order valence-corrected chi connectivity index (χ4v) is 6.97. The molecule has 204 valence electrons. The first kappa shape index (κ1) is 25.5. The molecule has 4 aliphatic heterocycles. The van der Waals surface area contributed by atoms with Gasteiger partial charge in [0.2, 0.25) is 17.7 Å². The molecule has 1 aliphatic carbocycles. The van der Waals surface area contributed by atoms with Gasteiger partial charge >= 0.3 is 0 Å². The van der Waals surface area contributed by atoms with Gasteiger partial charge in [0.15, 0.2) is 0 Å². The van der Waals surface area contributed by atoms with Crippen LogP contribution in [0.5, 0.6) is 0 Å². The molecular formula is C29H38N4O5. The van der Waals surface area contributed by atoms with Crippen molar-refractivity contribution in [2.45, 2.75) is 62.8 Å². The summed E-state index contributed by atoms with van der Waals surface area (Å²) in [5.41, 5.74) is 0.658. The second kappa shape index (κ2) is 10.4. The van der Waals surface area contributed by atoms with Gasteiger partial charge in [-0.25, -0.2) is 0 Å². The van der Waals surface area contributed by atoms with E-state index in [0.717, 1.165) is 44.3 Å². The first-order valence-electron chi connectivity index (χ1n) is 14.1. The van der Waals surface area contributed by atoms with Crippen LogP contribution in [0.15, 0.2) is 36.4 Å². The number of likely N-dealkylation sites (tertiary alicyclic amines) is 1. The van der Waals surface area contributed by atoms with Crippen LogP contribution in [0, 0.1) is 18.8 Å². The van der Waals surface area contributed by atoms with Crippen LogP contribution in [-0.4, -0.2) is 90.7 Å². The number of hydrogen-bond donors (Lipinski definition) is 2. The van der Waals surface area contributed by atoms with Gasteiger partial charge in [0.05, 0.1) is 31.2 Å². The van der Waals surface area contributed by atoms with E-state index in [9.17, 15) is 14.4 Å². The average Bonchev–Trinajstić information content (AvgIpc) is 3.57. The van der Waals surface area contributed by atoms with Crippen LogP contribution in [0.25, 0.3) is 0 Å². The zero-order valence-corrected chi connectivity index (χ0v) is 22.1. The molecule has 1 aromatic carbocycles. The summed E-state index contributed by atoms with van der Waals surface area (Å²) in [6.07, 6.45) is 8.53. The molecule has 1 spiro atoms. The summed E-state index contributed by atoms with van der Waals surface area (Å²) in [6.45, 7) is 5.99. The predicted octanol–water partition coefficient (Wildman–Crippen LogP) is 1.87. The minimum absolute atomic E-state index is 0.117. The fourth-order valence-electron chi connectivity index (χ4n) is 6.97. The number of nitrogens with zero attached hydrogens (tertiary/aromatic N) is 2. The van der Waals surface area contributed by atoms with Crippen molar-refractivity contribution >= 4 is 23.4 Å². The molecule has 0 aromatic heterocycles. The maximum Gasteiger partial charge on any atom is 0.246 e. The van der Waals surface area contributed by atoms with E-state index in [1.807, 2.05) is 43.3 Å². The first-order chi connectivity index (χ1) is 18.5. The fraction of sp³-hybridized carbons (Fsp3) is 0.621. The highest BCUT2D eigenvalue weighted by molar-refractivity contribution is 6.02. The Hall–Kier alpha value is -2.75. The number of hydrogen-bond acceptors (Lipinski definition) is 6. The van der Waals surface area contributed by atoms with Crippen molar-refractivity contribution in [3.8, 4) is 0 Å². The molecule has 1 saturated carbocycles. The van der Waals surface area contributed by atoms with E-state index in [4.69, 9.17) is 9.47 Å². The molecule has 9 heteroatoms. The zero-order chi connectivity index (χ0) is 26.3. The van der Waals surface area contributed by atoms with E-state index in [-0.39, 0.29) is 23.8 Å². The Morgan fingerprint density at radius 2 is 1.76 bits per heavy atom. The van der Waals surface area contributed by atoms with Gasteiger partial charge in [0.1, 0.15) is 11.6 Å².